The number of benzene rings is 3. The molecule has 3 aliphatic rings. The van der Waals surface area contributed by atoms with Gasteiger partial charge in [0.1, 0.15) is 23.8 Å². The van der Waals surface area contributed by atoms with Gasteiger partial charge in [-0.05, 0) is 23.8 Å². The molecule has 0 spiro atoms. The van der Waals surface area contributed by atoms with E-state index in [2.05, 4.69) is 10.4 Å². The number of nitrogens with one attached hydrogen (secondary N) is 1. The molecule has 0 saturated carbocycles. The van der Waals surface area contributed by atoms with Crippen molar-refractivity contribution in [3.63, 3.8) is 0 Å². The Morgan fingerprint density at radius 3 is 2.35 bits per heavy atom. The quantitative estimate of drug-likeness (QED) is 0.607. The van der Waals surface area contributed by atoms with Crippen molar-refractivity contribution in [2.75, 3.05) is 12.4 Å². The second kappa shape index (κ2) is 7.80. The van der Waals surface area contributed by atoms with E-state index < -0.39 is 23.8 Å². The number of para-hydroxylation sites is 1. The lowest BCUT2D eigenvalue weighted by molar-refractivity contribution is -0.159. The van der Waals surface area contributed by atoms with E-state index in [0.29, 0.717) is 12.8 Å². The number of anilines is 1. The third-order valence-corrected chi connectivity index (χ3v) is 7.27. The molecule has 34 heavy (non-hydrogen) atoms. The van der Waals surface area contributed by atoms with Crippen LogP contribution >= 0.6 is 0 Å². The Morgan fingerprint density at radius 1 is 0.912 bits per heavy atom. The predicted octanol–water partition coefficient (Wildman–Crippen LogP) is 4.10. The summed E-state index contributed by atoms with van der Waals surface area (Å²) >= 11 is 0. The molecule has 2 fully saturated rings. The van der Waals surface area contributed by atoms with Gasteiger partial charge in [-0.25, -0.2) is 0 Å². The van der Waals surface area contributed by atoms with Gasteiger partial charge in [-0.15, -0.1) is 0 Å². The lowest BCUT2D eigenvalue weighted by Gasteiger charge is -2.42. The summed E-state index contributed by atoms with van der Waals surface area (Å²) in [5, 5.41) is 12.9. The van der Waals surface area contributed by atoms with E-state index in [4.69, 9.17) is 5.11 Å². The summed E-state index contributed by atoms with van der Waals surface area (Å²) in [7, 11) is 1.73. The second-order valence-corrected chi connectivity index (χ2v) is 9.17. The van der Waals surface area contributed by atoms with Crippen molar-refractivity contribution in [2.24, 2.45) is 10.2 Å². The highest BCUT2D eigenvalue weighted by Crippen LogP contribution is 2.53. The van der Waals surface area contributed by atoms with E-state index in [1.807, 2.05) is 84.9 Å². The van der Waals surface area contributed by atoms with Crippen LogP contribution in [0.3, 0.4) is 0 Å². The van der Waals surface area contributed by atoms with Crippen molar-refractivity contribution in [3.8, 4) is 0 Å². The number of azo groups is 1. The molecular formula is C27H25N5O2. The number of fused-ring (bicyclic) bond motifs is 5. The zero-order valence-electron chi connectivity index (χ0n) is 18.8. The molecule has 0 bridgehead atoms. The monoisotopic (exact) mass is 451 g/mol. The van der Waals surface area contributed by atoms with Crippen LogP contribution in [0.1, 0.15) is 17.5 Å². The maximum atomic E-state index is 13.9. The first-order valence-electron chi connectivity index (χ1n) is 11.6. The summed E-state index contributed by atoms with van der Waals surface area (Å²) in [4.78, 5) is 30.8. The maximum Gasteiger partial charge on any atom is 0.248 e. The molecule has 6 rings (SSSR count). The van der Waals surface area contributed by atoms with Crippen LogP contribution in [0, 0.1) is 0 Å². The number of rotatable bonds is 4. The number of nitrogens with zero attached hydrogens (tertiary/aromatic N) is 4. The van der Waals surface area contributed by atoms with E-state index in [1.165, 1.54) is 0 Å². The largest absolute Gasteiger partial charge is 0.362 e. The highest BCUT2D eigenvalue weighted by Gasteiger charge is 2.64. The molecule has 1 unspecified atom stereocenters. The number of amides is 2. The molecule has 0 aliphatic carbocycles. The van der Waals surface area contributed by atoms with Crippen molar-refractivity contribution in [3.05, 3.63) is 96.1 Å². The van der Waals surface area contributed by atoms with Crippen LogP contribution in [-0.4, -0.2) is 46.9 Å². The molecule has 4 atom stereocenters. The molecule has 3 aromatic rings. The fourth-order valence-electron chi connectivity index (χ4n) is 5.56. The molecule has 3 aromatic carbocycles. The summed E-state index contributed by atoms with van der Waals surface area (Å²) in [5.74, 6) is -0.110. The highest BCUT2D eigenvalue weighted by atomic mass is 16.2. The summed E-state index contributed by atoms with van der Waals surface area (Å²) in [6, 6.07) is 26.2. The molecule has 3 heterocycles. The van der Waals surface area contributed by atoms with Crippen LogP contribution in [0.4, 0.5) is 11.4 Å². The van der Waals surface area contributed by atoms with E-state index in [9.17, 15) is 9.59 Å². The third kappa shape index (κ3) is 3.04. The Bertz CT molecular complexity index is 1280. The summed E-state index contributed by atoms with van der Waals surface area (Å²) in [6.07, 6.45) is 0.402. The molecule has 0 aromatic heterocycles. The van der Waals surface area contributed by atoms with Crippen molar-refractivity contribution in [2.45, 2.75) is 36.6 Å². The third-order valence-electron chi connectivity index (χ3n) is 7.27. The summed E-state index contributed by atoms with van der Waals surface area (Å²) < 4.78 is 0. The molecule has 2 saturated heterocycles. The van der Waals surface area contributed by atoms with Gasteiger partial charge < -0.3 is 15.1 Å². The summed E-state index contributed by atoms with van der Waals surface area (Å²) in [5.41, 5.74) is 2.83. The Balaban J connectivity index is 1.41. The van der Waals surface area contributed by atoms with Crippen molar-refractivity contribution >= 4 is 23.2 Å². The zero-order valence-corrected chi connectivity index (χ0v) is 18.8. The molecule has 0 radical (unpaired) electrons. The van der Waals surface area contributed by atoms with E-state index in [1.54, 1.807) is 16.8 Å². The van der Waals surface area contributed by atoms with Crippen molar-refractivity contribution < 1.29 is 9.59 Å². The number of piperazine rings is 1. The van der Waals surface area contributed by atoms with Gasteiger partial charge in [0.05, 0.1) is 5.69 Å². The average Bonchev–Trinajstić information content (AvgIpc) is 3.37. The number of hydrogen-bond donors (Lipinski definition) is 1. The van der Waals surface area contributed by atoms with Gasteiger partial charge in [-0.3, -0.25) is 9.59 Å². The van der Waals surface area contributed by atoms with E-state index in [0.717, 1.165) is 22.5 Å². The minimum Gasteiger partial charge on any atom is -0.362 e. The van der Waals surface area contributed by atoms with Crippen LogP contribution in [-0.2, 0) is 21.5 Å². The number of hydrogen-bond acceptors (Lipinski definition) is 5. The van der Waals surface area contributed by atoms with Gasteiger partial charge >= 0.3 is 0 Å². The van der Waals surface area contributed by atoms with Gasteiger partial charge in [-0.2, -0.15) is 10.2 Å². The minimum absolute atomic E-state index is 0.0523. The van der Waals surface area contributed by atoms with Gasteiger partial charge in [-0.1, -0.05) is 66.7 Å². The second-order valence-electron chi connectivity index (χ2n) is 9.17. The number of likely N-dealkylation sites (N-methyl/N-ethyl adjacent to an activating group) is 1. The van der Waals surface area contributed by atoms with E-state index in [-0.39, 0.29) is 11.8 Å². The molecule has 170 valence electrons. The lowest BCUT2D eigenvalue weighted by atomic mass is 9.88. The van der Waals surface area contributed by atoms with Crippen LogP contribution in [0.2, 0.25) is 0 Å². The van der Waals surface area contributed by atoms with Crippen molar-refractivity contribution in [1.82, 2.24) is 9.80 Å². The van der Waals surface area contributed by atoms with Crippen LogP contribution in [0.5, 0.6) is 0 Å². The van der Waals surface area contributed by atoms with E-state index >= 15 is 0 Å². The Hall–Kier alpha value is -4.00. The Kier molecular flexibility index (Phi) is 4.72. The zero-order chi connectivity index (χ0) is 23.3. The van der Waals surface area contributed by atoms with Gasteiger partial charge in [0.2, 0.25) is 11.8 Å². The molecule has 3 aliphatic heterocycles. The highest BCUT2D eigenvalue weighted by molar-refractivity contribution is 5.98. The standard InChI is InChI=1S/C27H25N5O2/c1-31-22(16-18-10-4-2-5-11-18)25(34)32-23(24(31)33)17-27(30-29-19-12-6-3-7-13-19)20-14-8-9-15-21(20)28-26(27)32/h2-15,22-23,26,28H,16-17H2,1H3/t22-,23+,26?,27+/m0/s1. The molecule has 7 nitrogen and oxygen atoms in total. The van der Waals surface area contributed by atoms with Crippen LogP contribution in [0.25, 0.3) is 0 Å². The molecular weight excluding hydrogens is 426 g/mol. The SMILES string of the molecule is CN1C(=O)[C@H]2C[C@@]3(N=Nc4ccccc4)c4ccccc4NC3N2C(=O)[C@@H]1Cc1ccccc1. The molecule has 1 N–H and O–H groups in total. The van der Waals surface area contributed by atoms with Crippen molar-refractivity contribution in [1.29, 1.82) is 0 Å². The first kappa shape index (κ1) is 20.6. The van der Waals surface area contributed by atoms with Gasteiger partial charge in [0.15, 0.2) is 0 Å². The summed E-state index contributed by atoms with van der Waals surface area (Å²) in [6.45, 7) is 0. The average molecular weight is 452 g/mol. The topological polar surface area (TPSA) is 77.4 Å². The first-order chi connectivity index (χ1) is 16.6. The number of carbonyl (C=O) groups is 2. The fraction of sp³-hybridized carbons (Fsp3) is 0.259. The number of carbonyl (C=O) groups excluding carboxylic acids is 2. The van der Waals surface area contributed by atoms with Crippen LogP contribution in [0.15, 0.2) is 95.2 Å². The van der Waals surface area contributed by atoms with Gasteiger partial charge in [0.25, 0.3) is 0 Å². The normalized spacial score (nSPS) is 27.5. The molecule has 7 heteroatoms. The fourth-order valence-corrected chi connectivity index (χ4v) is 5.56. The molecule has 2 amide bonds. The first-order valence-corrected chi connectivity index (χ1v) is 11.6. The maximum absolute atomic E-state index is 13.9. The Morgan fingerprint density at radius 2 is 1.59 bits per heavy atom. The van der Waals surface area contributed by atoms with Crippen LogP contribution < -0.4 is 5.32 Å². The Labute approximate surface area is 198 Å². The van der Waals surface area contributed by atoms with Gasteiger partial charge in [0, 0.05) is 31.1 Å². The predicted molar refractivity (Wildman–Crippen MR) is 128 cm³/mol. The lowest BCUT2D eigenvalue weighted by Crippen LogP contribution is -2.64. The minimum atomic E-state index is -0.828. The smallest absolute Gasteiger partial charge is 0.248 e.